The van der Waals surface area contributed by atoms with Gasteiger partial charge in [-0.1, -0.05) is 59.7 Å². The third-order valence-corrected chi connectivity index (χ3v) is 6.86. The van der Waals surface area contributed by atoms with Gasteiger partial charge in [-0.2, -0.15) is 18.3 Å². The normalized spacial score (nSPS) is 18.8. The summed E-state index contributed by atoms with van der Waals surface area (Å²) < 4.78 is 34.7. The Bertz CT molecular complexity index is 1430. The summed E-state index contributed by atoms with van der Waals surface area (Å²) in [7, 11) is 0. The minimum Gasteiger partial charge on any atom is -0.475 e. The van der Waals surface area contributed by atoms with E-state index >= 15 is 0 Å². The SMILES string of the molecule is Cc1cc(C)cc(CN2CCC3(Cc4nn(Cc5ccccc5)c(=O)c(=O)n4C3)C2)c1.O=C(O)C(F)(F)F. The molecule has 0 amide bonds. The van der Waals surface area contributed by atoms with Gasteiger partial charge in [-0.05, 0) is 37.9 Å². The molecule has 5 rings (SSSR count). The van der Waals surface area contributed by atoms with Crippen LogP contribution in [0.4, 0.5) is 13.2 Å². The van der Waals surface area contributed by atoms with E-state index in [1.165, 1.54) is 21.4 Å². The topological polar surface area (TPSA) is 97.4 Å². The molecule has 0 saturated carbocycles. The second kappa shape index (κ2) is 10.6. The second-order valence-corrected chi connectivity index (χ2v) is 10.2. The van der Waals surface area contributed by atoms with E-state index in [1.54, 1.807) is 4.57 Å². The number of likely N-dealkylation sites (tertiary alicyclic amines) is 1. The number of benzene rings is 2. The molecule has 2 aromatic carbocycles. The van der Waals surface area contributed by atoms with Gasteiger partial charge in [-0.25, -0.2) is 9.48 Å². The van der Waals surface area contributed by atoms with Crippen molar-refractivity contribution in [1.29, 1.82) is 0 Å². The molecule has 1 unspecified atom stereocenters. The van der Waals surface area contributed by atoms with E-state index in [9.17, 15) is 22.8 Å². The highest BCUT2D eigenvalue weighted by molar-refractivity contribution is 5.73. The molecule has 0 bridgehead atoms. The lowest BCUT2D eigenvalue weighted by molar-refractivity contribution is -0.192. The summed E-state index contributed by atoms with van der Waals surface area (Å²) in [5.41, 5.74) is 3.91. The van der Waals surface area contributed by atoms with Gasteiger partial charge >= 0.3 is 23.3 Å². The number of carbonyl (C=O) groups is 1. The molecule has 2 aliphatic heterocycles. The molecule has 2 aliphatic rings. The van der Waals surface area contributed by atoms with Crippen molar-refractivity contribution in [3.05, 3.63) is 97.3 Å². The summed E-state index contributed by atoms with van der Waals surface area (Å²) in [6.07, 6.45) is -3.31. The number of hydrogen-bond donors (Lipinski definition) is 1. The van der Waals surface area contributed by atoms with E-state index in [0.717, 1.165) is 43.9 Å². The Morgan fingerprint density at radius 1 is 0.974 bits per heavy atom. The molecule has 8 nitrogen and oxygen atoms in total. The molecule has 1 aromatic heterocycles. The number of rotatable bonds is 4. The molecule has 3 aromatic rings. The highest BCUT2D eigenvalue weighted by atomic mass is 19.4. The molecular formula is C27H29F3N4O4. The van der Waals surface area contributed by atoms with Crippen molar-refractivity contribution in [3.63, 3.8) is 0 Å². The first kappa shape index (κ1) is 27.3. The van der Waals surface area contributed by atoms with Gasteiger partial charge in [-0.15, -0.1) is 0 Å². The molecule has 1 saturated heterocycles. The highest BCUT2D eigenvalue weighted by Gasteiger charge is 2.44. The predicted octanol–water partition coefficient (Wildman–Crippen LogP) is 3.15. The lowest BCUT2D eigenvalue weighted by Crippen LogP contribution is -2.43. The van der Waals surface area contributed by atoms with Crippen molar-refractivity contribution in [2.24, 2.45) is 5.41 Å². The first-order chi connectivity index (χ1) is 17.8. The lowest BCUT2D eigenvalue weighted by atomic mass is 9.86. The third-order valence-electron chi connectivity index (χ3n) is 6.86. The number of aliphatic carboxylic acids is 1. The molecule has 1 atom stereocenters. The fourth-order valence-electron chi connectivity index (χ4n) is 5.32. The van der Waals surface area contributed by atoms with Gasteiger partial charge in [0.05, 0.1) is 6.54 Å². The van der Waals surface area contributed by atoms with Gasteiger partial charge in [0.1, 0.15) is 5.82 Å². The first-order valence-corrected chi connectivity index (χ1v) is 12.2. The van der Waals surface area contributed by atoms with Crippen LogP contribution in [0.3, 0.4) is 0 Å². The Morgan fingerprint density at radius 2 is 1.61 bits per heavy atom. The van der Waals surface area contributed by atoms with Crippen LogP contribution in [0.5, 0.6) is 0 Å². The van der Waals surface area contributed by atoms with E-state index < -0.39 is 23.3 Å². The number of alkyl halides is 3. The summed E-state index contributed by atoms with van der Waals surface area (Å²) in [6.45, 7) is 8.05. The molecule has 38 heavy (non-hydrogen) atoms. The molecular weight excluding hydrogens is 501 g/mol. The van der Waals surface area contributed by atoms with Crippen molar-refractivity contribution in [2.45, 2.75) is 52.5 Å². The van der Waals surface area contributed by atoms with Crippen molar-refractivity contribution >= 4 is 5.97 Å². The summed E-state index contributed by atoms with van der Waals surface area (Å²) >= 11 is 0. The van der Waals surface area contributed by atoms with Crippen molar-refractivity contribution in [3.8, 4) is 0 Å². The number of carboxylic acid groups (broad SMARTS) is 1. The summed E-state index contributed by atoms with van der Waals surface area (Å²) in [5.74, 6) is -2.01. The van der Waals surface area contributed by atoms with Gasteiger partial charge in [-0.3, -0.25) is 19.1 Å². The van der Waals surface area contributed by atoms with Crippen LogP contribution in [0.25, 0.3) is 0 Å². The predicted molar refractivity (Wildman–Crippen MR) is 134 cm³/mol. The van der Waals surface area contributed by atoms with E-state index in [4.69, 9.17) is 9.90 Å². The van der Waals surface area contributed by atoms with Gasteiger partial charge in [0.15, 0.2) is 0 Å². The minimum atomic E-state index is -5.08. The Hall–Kier alpha value is -3.73. The zero-order valence-corrected chi connectivity index (χ0v) is 21.2. The summed E-state index contributed by atoms with van der Waals surface area (Å²) in [5, 5.41) is 11.7. The van der Waals surface area contributed by atoms with Crippen LogP contribution in [-0.2, 0) is 30.8 Å². The van der Waals surface area contributed by atoms with E-state index in [1.807, 2.05) is 30.3 Å². The van der Waals surface area contributed by atoms with Crippen molar-refractivity contribution in [2.75, 3.05) is 13.1 Å². The molecule has 3 heterocycles. The minimum absolute atomic E-state index is 0.00357. The van der Waals surface area contributed by atoms with Crippen LogP contribution >= 0.6 is 0 Å². The number of aryl methyl sites for hydroxylation is 2. The summed E-state index contributed by atoms with van der Waals surface area (Å²) in [6, 6.07) is 16.4. The molecule has 11 heteroatoms. The number of hydrogen-bond acceptors (Lipinski definition) is 5. The van der Waals surface area contributed by atoms with E-state index in [2.05, 4.69) is 42.0 Å². The van der Waals surface area contributed by atoms with Crippen LogP contribution in [0.1, 0.15) is 34.5 Å². The molecule has 202 valence electrons. The van der Waals surface area contributed by atoms with Crippen molar-refractivity contribution in [1.82, 2.24) is 19.2 Å². The van der Waals surface area contributed by atoms with Gasteiger partial charge in [0.25, 0.3) is 0 Å². The highest BCUT2D eigenvalue weighted by Crippen LogP contribution is 2.39. The molecule has 1 fully saturated rings. The number of nitrogens with zero attached hydrogens (tertiary/aromatic N) is 4. The molecule has 1 spiro atoms. The average molecular weight is 531 g/mol. The van der Waals surface area contributed by atoms with Gasteiger partial charge < -0.3 is 5.11 Å². The maximum Gasteiger partial charge on any atom is 0.490 e. The van der Waals surface area contributed by atoms with Crippen LogP contribution in [0.2, 0.25) is 0 Å². The Labute approximate surface area is 217 Å². The van der Waals surface area contributed by atoms with E-state index in [0.29, 0.717) is 13.1 Å². The number of aromatic nitrogens is 3. The smallest absolute Gasteiger partial charge is 0.475 e. The zero-order chi connectivity index (χ0) is 27.7. The molecule has 1 N–H and O–H groups in total. The second-order valence-electron chi connectivity index (χ2n) is 10.2. The first-order valence-electron chi connectivity index (χ1n) is 12.2. The maximum absolute atomic E-state index is 12.8. The summed E-state index contributed by atoms with van der Waals surface area (Å²) in [4.78, 5) is 36.9. The number of fused-ring (bicyclic) bond motifs is 1. The van der Waals surface area contributed by atoms with Gasteiger partial charge in [0, 0.05) is 31.5 Å². The quantitative estimate of drug-likeness (QED) is 0.521. The fraction of sp³-hybridized carbons (Fsp3) is 0.407. The monoisotopic (exact) mass is 530 g/mol. The van der Waals surface area contributed by atoms with Crippen LogP contribution in [-0.4, -0.2) is 49.6 Å². The lowest BCUT2D eigenvalue weighted by Gasteiger charge is -2.23. The Kier molecular flexibility index (Phi) is 7.59. The molecule has 0 aliphatic carbocycles. The zero-order valence-electron chi connectivity index (χ0n) is 21.2. The van der Waals surface area contributed by atoms with Crippen LogP contribution in [0.15, 0.2) is 58.1 Å². The van der Waals surface area contributed by atoms with Crippen LogP contribution < -0.4 is 11.1 Å². The van der Waals surface area contributed by atoms with E-state index in [-0.39, 0.29) is 5.41 Å². The average Bonchev–Trinajstić information content (AvgIpc) is 3.39. The third kappa shape index (κ3) is 6.21. The fourth-order valence-corrected chi connectivity index (χ4v) is 5.32. The Morgan fingerprint density at radius 3 is 2.21 bits per heavy atom. The maximum atomic E-state index is 12.8. The standard InChI is InChI=1S/C25H28N4O2.C2HF3O2/c1-18-10-19(2)12-21(11-18)14-27-9-8-25(16-27)13-22-26-29(15-20-6-4-3-5-7-20)24(31)23(30)28(22)17-25;3-2(4,5)1(6)7/h3-7,10-12H,8-9,13-17H2,1-2H3;(H,6,7). The van der Waals surface area contributed by atoms with Crippen LogP contribution in [0, 0.1) is 19.3 Å². The number of halogens is 3. The Balaban J connectivity index is 0.000000426. The van der Waals surface area contributed by atoms with Crippen molar-refractivity contribution < 1.29 is 23.1 Å². The van der Waals surface area contributed by atoms with Gasteiger partial charge in [0.2, 0.25) is 0 Å². The largest absolute Gasteiger partial charge is 0.490 e. The number of carboxylic acids is 1. The molecule has 0 radical (unpaired) electrons.